The first-order chi connectivity index (χ1) is 7.75. The lowest BCUT2D eigenvalue weighted by molar-refractivity contribution is 0.0946. The number of nitrogen functional groups attached to an aromatic ring is 1. The molecule has 0 atom stereocenters. The number of nitrogens with one attached hydrogen (secondary N) is 2. The van der Waals surface area contributed by atoms with Crippen LogP contribution in [0.1, 0.15) is 16.1 Å². The average Bonchev–Trinajstić information content (AvgIpc) is 2.74. The van der Waals surface area contributed by atoms with Gasteiger partial charge >= 0.3 is 0 Å². The summed E-state index contributed by atoms with van der Waals surface area (Å²) in [6, 6.07) is 9.68. The standard InChI is InChI=1S/C11H12N4O/c12-11-14-7-9(15-11)10(16)13-6-8-4-2-1-3-5-8/h1-5,7H,6H2,(H,13,16)(H3,12,14,15). The molecular formula is C11H12N4O. The number of aromatic amines is 1. The molecule has 0 saturated heterocycles. The third-order valence-electron chi connectivity index (χ3n) is 2.14. The number of benzene rings is 1. The summed E-state index contributed by atoms with van der Waals surface area (Å²) in [5.41, 5.74) is 6.79. The fourth-order valence-electron chi connectivity index (χ4n) is 1.33. The Balaban J connectivity index is 1.94. The maximum atomic E-state index is 11.6. The van der Waals surface area contributed by atoms with Gasteiger partial charge in [0.05, 0.1) is 6.20 Å². The Morgan fingerprint density at radius 2 is 2.12 bits per heavy atom. The molecule has 1 aromatic heterocycles. The molecule has 0 radical (unpaired) electrons. The van der Waals surface area contributed by atoms with Crippen LogP contribution in [0.5, 0.6) is 0 Å². The van der Waals surface area contributed by atoms with Gasteiger partial charge in [0, 0.05) is 6.54 Å². The predicted molar refractivity (Wildman–Crippen MR) is 60.6 cm³/mol. The number of hydrogen-bond acceptors (Lipinski definition) is 3. The first-order valence-corrected chi connectivity index (χ1v) is 4.88. The smallest absolute Gasteiger partial charge is 0.269 e. The number of anilines is 1. The van der Waals surface area contributed by atoms with Gasteiger partial charge in [-0.2, -0.15) is 0 Å². The molecule has 0 unspecified atom stereocenters. The fourth-order valence-corrected chi connectivity index (χ4v) is 1.33. The van der Waals surface area contributed by atoms with E-state index in [1.165, 1.54) is 6.20 Å². The second-order valence-electron chi connectivity index (χ2n) is 3.35. The quantitative estimate of drug-likeness (QED) is 0.713. The number of amides is 1. The molecule has 16 heavy (non-hydrogen) atoms. The van der Waals surface area contributed by atoms with Gasteiger partial charge in [0.2, 0.25) is 0 Å². The topological polar surface area (TPSA) is 83.8 Å². The minimum atomic E-state index is -0.215. The minimum Gasteiger partial charge on any atom is -0.369 e. The molecule has 82 valence electrons. The van der Waals surface area contributed by atoms with Crippen LogP contribution in [0, 0.1) is 0 Å². The molecular weight excluding hydrogens is 204 g/mol. The number of hydrogen-bond donors (Lipinski definition) is 3. The number of nitrogens with zero attached hydrogens (tertiary/aromatic N) is 1. The zero-order chi connectivity index (χ0) is 11.4. The molecule has 2 aromatic rings. The average molecular weight is 216 g/mol. The van der Waals surface area contributed by atoms with Gasteiger partial charge in [-0.3, -0.25) is 4.79 Å². The van der Waals surface area contributed by atoms with Crippen LogP contribution in [-0.4, -0.2) is 15.9 Å². The molecule has 5 heteroatoms. The summed E-state index contributed by atoms with van der Waals surface area (Å²) in [6.07, 6.45) is 1.41. The van der Waals surface area contributed by atoms with Gasteiger partial charge in [0.25, 0.3) is 5.91 Å². The van der Waals surface area contributed by atoms with Crippen LogP contribution >= 0.6 is 0 Å². The number of aromatic nitrogens is 2. The Morgan fingerprint density at radius 1 is 1.38 bits per heavy atom. The van der Waals surface area contributed by atoms with Gasteiger partial charge in [0.15, 0.2) is 5.95 Å². The van der Waals surface area contributed by atoms with Crippen LogP contribution in [0.2, 0.25) is 0 Å². The zero-order valence-electron chi connectivity index (χ0n) is 8.60. The summed E-state index contributed by atoms with van der Waals surface area (Å²) >= 11 is 0. The van der Waals surface area contributed by atoms with E-state index in [0.29, 0.717) is 12.2 Å². The van der Waals surface area contributed by atoms with Crippen LogP contribution in [0.15, 0.2) is 36.5 Å². The van der Waals surface area contributed by atoms with Gasteiger partial charge in [-0.1, -0.05) is 30.3 Å². The predicted octanol–water partition coefficient (Wildman–Crippen LogP) is 0.922. The summed E-state index contributed by atoms with van der Waals surface area (Å²) in [4.78, 5) is 18.0. The number of H-pyrrole nitrogens is 1. The van der Waals surface area contributed by atoms with Crippen molar-refractivity contribution in [2.75, 3.05) is 5.73 Å². The van der Waals surface area contributed by atoms with Gasteiger partial charge in [-0.05, 0) is 5.56 Å². The molecule has 4 N–H and O–H groups in total. The highest BCUT2D eigenvalue weighted by Gasteiger charge is 2.07. The van der Waals surface area contributed by atoms with Gasteiger partial charge < -0.3 is 16.0 Å². The molecule has 2 rings (SSSR count). The fraction of sp³-hybridized carbons (Fsp3) is 0.0909. The Labute approximate surface area is 92.7 Å². The summed E-state index contributed by atoms with van der Waals surface area (Å²) in [5, 5.41) is 2.76. The van der Waals surface area contributed by atoms with Crippen LogP contribution < -0.4 is 11.1 Å². The highest BCUT2D eigenvalue weighted by Crippen LogP contribution is 2.00. The van der Waals surface area contributed by atoms with Crippen molar-refractivity contribution in [3.8, 4) is 0 Å². The van der Waals surface area contributed by atoms with Gasteiger partial charge in [-0.25, -0.2) is 4.98 Å². The van der Waals surface area contributed by atoms with Crippen LogP contribution in [0.4, 0.5) is 5.95 Å². The van der Waals surface area contributed by atoms with Crippen LogP contribution in [0.25, 0.3) is 0 Å². The van der Waals surface area contributed by atoms with Crippen LogP contribution in [-0.2, 0) is 6.54 Å². The molecule has 0 aliphatic heterocycles. The maximum absolute atomic E-state index is 11.6. The second-order valence-corrected chi connectivity index (χ2v) is 3.35. The number of rotatable bonds is 3. The maximum Gasteiger partial charge on any atom is 0.269 e. The van der Waals surface area contributed by atoms with E-state index in [4.69, 9.17) is 5.73 Å². The van der Waals surface area contributed by atoms with Crippen molar-refractivity contribution in [1.29, 1.82) is 0 Å². The Hall–Kier alpha value is -2.30. The molecule has 0 aliphatic carbocycles. The largest absolute Gasteiger partial charge is 0.369 e. The number of nitrogens with two attached hydrogens (primary N) is 1. The van der Waals surface area contributed by atoms with E-state index in [2.05, 4.69) is 15.3 Å². The lowest BCUT2D eigenvalue weighted by Crippen LogP contribution is -2.23. The lowest BCUT2D eigenvalue weighted by atomic mass is 10.2. The molecule has 0 fully saturated rings. The van der Waals surface area contributed by atoms with Gasteiger partial charge in [0.1, 0.15) is 5.69 Å². The van der Waals surface area contributed by atoms with Crippen molar-refractivity contribution in [3.63, 3.8) is 0 Å². The monoisotopic (exact) mass is 216 g/mol. The van der Waals surface area contributed by atoms with E-state index in [1.54, 1.807) is 0 Å². The molecule has 0 saturated carbocycles. The van der Waals surface area contributed by atoms with Crippen LogP contribution in [0.3, 0.4) is 0 Å². The van der Waals surface area contributed by atoms with Crippen molar-refractivity contribution in [2.45, 2.75) is 6.54 Å². The Kier molecular flexibility index (Phi) is 2.86. The molecule has 1 aromatic carbocycles. The SMILES string of the molecule is Nc1ncc(C(=O)NCc2ccccc2)[nH]1. The molecule has 0 bridgehead atoms. The number of imidazole rings is 1. The highest BCUT2D eigenvalue weighted by molar-refractivity contribution is 5.92. The van der Waals surface area contributed by atoms with E-state index >= 15 is 0 Å². The molecule has 1 amide bonds. The van der Waals surface area contributed by atoms with E-state index < -0.39 is 0 Å². The van der Waals surface area contributed by atoms with E-state index in [9.17, 15) is 4.79 Å². The summed E-state index contributed by atoms with van der Waals surface area (Å²) in [7, 11) is 0. The molecule has 0 spiro atoms. The summed E-state index contributed by atoms with van der Waals surface area (Å²) < 4.78 is 0. The van der Waals surface area contributed by atoms with E-state index in [-0.39, 0.29) is 11.9 Å². The van der Waals surface area contributed by atoms with Crippen molar-refractivity contribution in [2.24, 2.45) is 0 Å². The Bertz CT molecular complexity index is 478. The highest BCUT2D eigenvalue weighted by atomic mass is 16.1. The first kappa shape index (κ1) is 10.2. The Morgan fingerprint density at radius 3 is 2.75 bits per heavy atom. The second kappa shape index (κ2) is 4.48. The first-order valence-electron chi connectivity index (χ1n) is 4.88. The molecule has 5 nitrogen and oxygen atoms in total. The number of carbonyl (C=O) groups excluding carboxylic acids is 1. The molecule has 0 aliphatic rings. The van der Waals surface area contributed by atoms with E-state index in [1.807, 2.05) is 30.3 Å². The third-order valence-corrected chi connectivity index (χ3v) is 2.14. The van der Waals surface area contributed by atoms with E-state index in [0.717, 1.165) is 5.56 Å². The van der Waals surface area contributed by atoms with Gasteiger partial charge in [-0.15, -0.1) is 0 Å². The third kappa shape index (κ3) is 2.38. The number of carbonyl (C=O) groups is 1. The van der Waals surface area contributed by atoms with Crippen molar-refractivity contribution in [1.82, 2.24) is 15.3 Å². The van der Waals surface area contributed by atoms with Crippen molar-refractivity contribution in [3.05, 3.63) is 47.8 Å². The van der Waals surface area contributed by atoms with Crippen molar-refractivity contribution >= 4 is 11.9 Å². The normalized spacial score (nSPS) is 10.0. The summed E-state index contributed by atoms with van der Waals surface area (Å²) in [5.74, 6) is 0.0258. The minimum absolute atomic E-state index is 0.215. The zero-order valence-corrected chi connectivity index (χ0v) is 8.60. The molecule has 1 heterocycles. The van der Waals surface area contributed by atoms with Crippen molar-refractivity contribution < 1.29 is 4.79 Å². The lowest BCUT2D eigenvalue weighted by Gasteiger charge is -2.02. The summed E-state index contributed by atoms with van der Waals surface area (Å²) in [6.45, 7) is 0.485.